The first kappa shape index (κ1) is 21.6. The molecule has 1 aromatic carbocycles. The molecule has 0 radical (unpaired) electrons. The third-order valence-electron chi connectivity index (χ3n) is 5.21. The van der Waals surface area contributed by atoms with Gasteiger partial charge < -0.3 is 24.8 Å². The van der Waals surface area contributed by atoms with Crippen LogP contribution in [-0.2, 0) is 23.1 Å². The van der Waals surface area contributed by atoms with Crippen LogP contribution in [0.4, 0.5) is 5.82 Å². The third kappa shape index (κ3) is 3.75. The molecular weight excluding hydrogens is 461 g/mol. The summed E-state index contributed by atoms with van der Waals surface area (Å²) in [5.41, 5.74) is 6.89. The van der Waals surface area contributed by atoms with Crippen molar-refractivity contribution in [1.29, 1.82) is 0 Å². The number of hydrogen-bond donors (Lipinski definition) is 2. The van der Waals surface area contributed by atoms with Crippen molar-refractivity contribution in [2.24, 2.45) is 0 Å². The fourth-order valence-corrected chi connectivity index (χ4v) is 5.60. The van der Waals surface area contributed by atoms with Crippen molar-refractivity contribution < 1.29 is 32.7 Å². The lowest BCUT2D eigenvalue weighted by atomic mass is 10.1. The Morgan fingerprint density at radius 1 is 1.28 bits per heavy atom. The van der Waals surface area contributed by atoms with Crippen LogP contribution >= 0.6 is 19.6 Å². The Balaban J connectivity index is 1.58. The van der Waals surface area contributed by atoms with Crippen LogP contribution < -0.4 is 10.5 Å². The van der Waals surface area contributed by atoms with E-state index in [1.54, 1.807) is 11.7 Å². The summed E-state index contributed by atoms with van der Waals surface area (Å²) in [6, 6.07) is 7.46. The van der Waals surface area contributed by atoms with Gasteiger partial charge in [0.2, 0.25) is 0 Å². The molecule has 170 valence electrons. The van der Waals surface area contributed by atoms with E-state index in [1.165, 1.54) is 25.2 Å². The molecule has 5 atom stereocenters. The van der Waals surface area contributed by atoms with Crippen molar-refractivity contribution in [1.82, 2.24) is 19.5 Å². The standard InChI is InChI=1S/C18H20N5O7PS/c1-26-9-3-5-10(6-4-9)32-18-22-12-15(19)20-8-21-16(12)23(18)17-14(27-2)13-11(29-17)7-28-31(24,25)30-13/h3-6,8,11,13-14,17H,7H2,1-2H3,(H,24,25)(H2,19,20,21)/t11-,13-,14-,17-/m1/s1. The Bertz CT molecular complexity index is 1190. The lowest BCUT2D eigenvalue weighted by molar-refractivity contribution is -0.0690. The number of nitrogen functional groups attached to an aromatic ring is 1. The van der Waals surface area contributed by atoms with Crippen molar-refractivity contribution in [2.75, 3.05) is 26.6 Å². The van der Waals surface area contributed by atoms with Crippen molar-refractivity contribution >= 4 is 36.6 Å². The number of nitrogens with two attached hydrogens (primary N) is 1. The Kier molecular flexibility index (Phi) is 5.58. The molecule has 2 saturated heterocycles. The molecule has 2 fully saturated rings. The predicted molar refractivity (Wildman–Crippen MR) is 112 cm³/mol. The van der Waals surface area contributed by atoms with Gasteiger partial charge in [-0.05, 0) is 24.3 Å². The van der Waals surface area contributed by atoms with Crippen LogP contribution in [-0.4, -0.2) is 63.6 Å². The van der Waals surface area contributed by atoms with Crippen LogP contribution in [0.15, 0.2) is 40.6 Å². The molecule has 2 aliphatic heterocycles. The second kappa shape index (κ2) is 8.27. The first-order valence-electron chi connectivity index (χ1n) is 9.54. The topological polar surface area (TPSA) is 153 Å². The summed E-state index contributed by atoms with van der Waals surface area (Å²) in [6.07, 6.45) is -1.59. The maximum Gasteiger partial charge on any atom is 0.472 e. The second-order valence-corrected chi connectivity index (χ2v) is 9.52. The van der Waals surface area contributed by atoms with Crippen LogP contribution in [0.5, 0.6) is 5.75 Å². The number of phosphoric ester groups is 1. The summed E-state index contributed by atoms with van der Waals surface area (Å²) >= 11 is 1.36. The Morgan fingerprint density at radius 2 is 2.06 bits per heavy atom. The number of nitrogens with zero attached hydrogens (tertiary/aromatic N) is 4. The molecule has 14 heteroatoms. The number of anilines is 1. The highest BCUT2D eigenvalue weighted by molar-refractivity contribution is 7.99. The Hall–Kier alpha value is -2.25. The summed E-state index contributed by atoms with van der Waals surface area (Å²) in [5.74, 6) is 0.945. The van der Waals surface area contributed by atoms with Crippen molar-refractivity contribution in [3.8, 4) is 5.75 Å². The molecule has 2 aromatic heterocycles. The number of phosphoric acid groups is 1. The van der Waals surface area contributed by atoms with Gasteiger partial charge in [-0.3, -0.25) is 13.6 Å². The number of rotatable bonds is 5. The molecular formula is C18H20N5O7PS. The summed E-state index contributed by atoms with van der Waals surface area (Å²) < 4.78 is 40.9. The molecule has 0 spiro atoms. The average molecular weight is 481 g/mol. The van der Waals surface area contributed by atoms with E-state index < -0.39 is 32.4 Å². The Morgan fingerprint density at radius 3 is 2.78 bits per heavy atom. The van der Waals surface area contributed by atoms with E-state index in [9.17, 15) is 9.46 Å². The van der Waals surface area contributed by atoms with Gasteiger partial charge in [0.25, 0.3) is 0 Å². The zero-order chi connectivity index (χ0) is 22.5. The van der Waals surface area contributed by atoms with Crippen molar-refractivity contribution in [2.45, 2.75) is 34.6 Å². The van der Waals surface area contributed by atoms with Gasteiger partial charge >= 0.3 is 7.82 Å². The van der Waals surface area contributed by atoms with Crippen LogP contribution in [0.1, 0.15) is 6.23 Å². The molecule has 4 heterocycles. The van der Waals surface area contributed by atoms with Crippen LogP contribution in [0.2, 0.25) is 0 Å². The van der Waals surface area contributed by atoms with E-state index >= 15 is 0 Å². The summed E-state index contributed by atoms with van der Waals surface area (Å²) in [7, 11) is -1.11. The number of methoxy groups -OCH3 is 2. The number of hydrogen-bond acceptors (Lipinski definition) is 11. The van der Waals surface area contributed by atoms with Gasteiger partial charge in [-0.2, -0.15) is 0 Å². The van der Waals surface area contributed by atoms with Gasteiger partial charge in [0, 0.05) is 12.0 Å². The van der Waals surface area contributed by atoms with Gasteiger partial charge in [-0.25, -0.2) is 19.5 Å². The molecule has 12 nitrogen and oxygen atoms in total. The normalized spacial score (nSPS) is 29.8. The molecule has 0 bridgehead atoms. The highest BCUT2D eigenvalue weighted by Crippen LogP contribution is 2.53. The lowest BCUT2D eigenvalue weighted by Crippen LogP contribution is -2.40. The number of imidazole rings is 1. The minimum Gasteiger partial charge on any atom is -0.497 e. The van der Waals surface area contributed by atoms with E-state index in [0.29, 0.717) is 16.3 Å². The predicted octanol–water partition coefficient (Wildman–Crippen LogP) is 2.00. The Labute approximate surface area is 186 Å². The molecule has 5 rings (SSSR count). The SMILES string of the molecule is COc1ccc(Sc2nc3c(N)ncnc3n2[C@@H]2O[C@@H]3COP(=O)(O)O[C@H]3[C@H]2OC)cc1. The molecule has 32 heavy (non-hydrogen) atoms. The molecule has 2 aliphatic rings. The minimum atomic E-state index is -4.19. The fraction of sp³-hybridized carbons (Fsp3) is 0.389. The highest BCUT2D eigenvalue weighted by atomic mass is 32.2. The van der Waals surface area contributed by atoms with Crippen LogP contribution in [0.3, 0.4) is 0 Å². The zero-order valence-corrected chi connectivity index (χ0v) is 18.7. The molecule has 3 N–H and O–H groups in total. The summed E-state index contributed by atoms with van der Waals surface area (Å²) in [4.78, 5) is 23.7. The minimum absolute atomic E-state index is 0.112. The van der Waals surface area contributed by atoms with E-state index in [0.717, 1.165) is 10.6 Å². The second-order valence-electron chi connectivity index (χ2n) is 7.07. The van der Waals surface area contributed by atoms with Crippen molar-refractivity contribution in [3.05, 3.63) is 30.6 Å². The van der Waals surface area contributed by atoms with E-state index in [1.807, 2.05) is 24.3 Å². The number of ether oxygens (including phenoxy) is 3. The van der Waals surface area contributed by atoms with Crippen molar-refractivity contribution in [3.63, 3.8) is 0 Å². The fourth-order valence-electron chi connectivity index (χ4n) is 3.74. The van der Waals surface area contributed by atoms with Crippen LogP contribution in [0, 0.1) is 0 Å². The number of aromatic nitrogens is 4. The first-order valence-corrected chi connectivity index (χ1v) is 11.9. The van der Waals surface area contributed by atoms with Gasteiger partial charge in [0.15, 0.2) is 28.4 Å². The zero-order valence-electron chi connectivity index (χ0n) is 17.0. The van der Waals surface area contributed by atoms with E-state index in [2.05, 4.69) is 15.0 Å². The van der Waals surface area contributed by atoms with Gasteiger partial charge in [-0.15, -0.1) is 0 Å². The molecule has 0 aliphatic carbocycles. The largest absolute Gasteiger partial charge is 0.497 e. The first-order chi connectivity index (χ1) is 15.4. The highest BCUT2D eigenvalue weighted by Gasteiger charge is 2.54. The lowest BCUT2D eigenvalue weighted by Gasteiger charge is -2.29. The summed E-state index contributed by atoms with van der Waals surface area (Å²) in [6.45, 7) is -0.112. The molecule has 1 unspecified atom stereocenters. The van der Waals surface area contributed by atoms with Gasteiger partial charge in [0.05, 0.1) is 13.7 Å². The van der Waals surface area contributed by atoms with Gasteiger partial charge in [0.1, 0.15) is 30.4 Å². The monoisotopic (exact) mass is 481 g/mol. The average Bonchev–Trinajstić information content (AvgIpc) is 3.31. The van der Waals surface area contributed by atoms with E-state index in [-0.39, 0.29) is 12.4 Å². The molecule has 3 aromatic rings. The molecule has 0 amide bonds. The van der Waals surface area contributed by atoms with E-state index in [4.69, 9.17) is 29.0 Å². The van der Waals surface area contributed by atoms with Gasteiger partial charge in [-0.1, -0.05) is 11.8 Å². The number of benzene rings is 1. The quantitative estimate of drug-likeness (QED) is 0.512. The smallest absolute Gasteiger partial charge is 0.472 e. The maximum absolute atomic E-state index is 12.0. The summed E-state index contributed by atoms with van der Waals surface area (Å²) in [5, 5.41) is 0.524. The molecule has 0 saturated carbocycles. The maximum atomic E-state index is 12.0. The third-order valence-corrected chi connectivity index (χ3v) is 7.17. The number of fused-ring (bicyclic) bond motifs is 2. The van der Waals surface area contributed by atoms with Crippen LogP contribution in [0.25, 0.3) is 11.2 Å².